The number of nitrogens with two attached hydrogens (primary N) is 1. The van der Waals surface area contributed by atoms with Crippen molar-refractivity contribution in [3.63, 3.8) is 0 Å². The highest BCUT2D eigenvalue weighted by molar-refractivity contribution is 7.93. The Morgan fingerprint density at radius 2 is 2.05 bits per heavy atom. The van der Waals surface area contributed by atoms with Gasteiger partial charge in [0, 0.05) is 5.69 Å². The molecule has 0 aliphatic carbocycles. The lowest BCUT2D eigenvalue weighted by Gasteiger charge is -2.18. The molecule has 1 amide bonds. The molecule has 8 heteroatoms. The number of thiazole rings is 1. The van der Waals surface area contributed by atoms with Crippen LogP contribution >= 0.6 is 11.3 Å². The van der Waals surface area contributed by atoms with Crippen LogP contribution in [0.15, 0.2) is 18.2 Å². The van der Waals surface area contributed by atoms with Crippen LogP contribution < -0.4 is 11.1 Å². The number of nitrogens with zero attached hydrogens (tertiary/aromatic N) is 1. The fourth-order valence-corrected chi connectivity index (χ4v) is 3.32. The van der Waals surface area contributed by atoms with Crippen molar-refractivity contribution in [1.82, 2.24) is 4.98 Å². The van der Waals surface area contributed by atoms with Crippen LogP contribution in [0.4, 0.5) is 10.8 Å². The van der Waals surface area contributed by atoms with Crippen molar-refractivity contribution in [1.29, 1.82) is 0 Å². The summed E-state index contributed by atoms with van der Waals surface area (Å²) < 4.78 is 23.8. The van der Waals surface area contributed by atoms with Crippen LogP contribution in [-0.2, 0) is 14.6 Å². The summed E-state index contributed by atoms with van der Waals surface area (Å²) in [4.78, 5) is 16.1. The molecule has 0 saturated heterocycles. The van der Waals surface area contributed by atoms with E-state index in [4.69, 9.17) is 5.73 Å². The highest BCUT2D eigenvalue weighted by Crippen LogP contribution is 2.27. The molecule has 1 aromatic carbocycles. The lowest BCUT2D eigenvalue weighted by molar-refractivity contribution is -0.113. The normalized spacial score (nSPS) is 12.5. The molecule has 0 fully saturated rings. The van der Waals surface area contributed by atoms with Crippen LogP contribution in [0.1, 0.15) is 20.8 Å². The van der Waals surface area contributed by atoms with Crippen LogP contribution in [0, 0.1) is 0 Å². The molecule has 21 heavy (non-hydrogen) atoms. The molecule has 1 aromatic heterocycles. The minimum Gasteiger partial charge on any atom is -0.399 e. The zero-order valence-corrected chi connectivity index (χ0v) is 13.6. The van der Waals surface area contributed by atoms with Gasteiger partial charge in [0.05, 0.1) is 15.0 Å². The Morgan fingerprint density at radius 3 is 2.67 bits per heavy atom. The van der Waals surface area contributed by atoms with Gasteiger partial charge in [-0.25, -0.2) is 13.4 Å². The first-order valence-electron chi connectivity index (χ1n) is 6.27. The van der Waals surface area contributed by atoms with Gasteiger partial charge >= 0.3 is 0 Å². The Kier molecular flexibility index (Phi) is 3.94. The minimum absolute atomic E-state index is 0.365. The first-order valence-corrected chi connectivity index (χ1v) is 8.73. The third-order valence-electron chi connectivity index (χ3n) is 2.91. The second-order valence-electron chi connectivity index (χ2n) is 5.67. The number of nitrogen functional groups attached to an aromatic ring is 1. The van der Waals surface area contributed by atoms with E-state index in [-0.39, 0.29) is 0 Å². The van der Waals surface area contributed by atoms with Gasteiger partial charge in [-0.1, -0.05) is 11.3 Å². The fourth-order valence-electron chi connectivity index (χ4n) is 1.54. The molecule has 6 nitrogen and oxygen atoms in total. The van der Waals surface area contributed by atoms with Crippen molar-refractivity contribution in [2.75, 3.05) is 16.8 Å². The number of sulfone groups is 1. The van der Waals surface area contributed by atoms with Crippen LogP contribution in [0.3, 0.4) is 0 Å². The molecule has 0 radical (unpaired) electrons. The third kappa shape index (κ3) is 3.51. The highest BCUT2D eigenvalue weighted by atomic mass is 32.2. The molecule has 2 aromatic rings. The molecular weight excluding hydrogens is 310 g/mol. The van der Waals surface area contributed by atoms with Gasteiger partial charge in [-0.3, -0.25) is 4.79 Å². The maximum absolute atomic E-state index is 12.0. The zero-order chi connectivity index (χ0) is 15.8. The first-order chi connectivity index (χ1) is 9.58. The summed E-state index contributed by atoms with van der Waals surface area (Å²) in [5, 5.41) is 2.89. The van der Waals surface area contributed by atoms with Crippen molar-refractivity contribution in [2.45, 2.75) is 25.5 Å². The summed E-state index contributed by atoms with van der Waals surface area (Å²) in [7, 11) is -3.51. The summed E-state index contributed by atoms with van der Waals surface area (Å²) in [6.45, 7) is 4.70. The number of carbonyl (C=O) groups excluding carboxylic acids is 1. The third-order valence-corrected chi connectivity index (χ3v) is 6.35. The number of anilines is 2. The van der Waals surface area contributed by atoms with Crippen molar-refractivity contribution >= 4 is 48.1 Å². The standard InChI is InChI=1S/C13H17N3O3S2/c1-13(2,3)21(18,19)7-11(17)16-12-15-9-5-4-8(14)6-10(9)20-12/h4-6H,7,14H2,1-3H3,(H,15,16,17). The quantitative estimate of drug-likeness (QED) is 0.840. The predicted molar refractivity (Wildman–Crippen MR) is 86.2 cm³/mol. The van der Waals surface area contributed by atoms with Crippen LogP contribution in [0.5, 0.6) is 0 Å². The van der Waals surface area contributed by atoms with Crippen molar-refractivity contribution in [3.8, 4) is 0 Å². The Balaban J connectivity index is 2.15. The van der Waals surface area contributed by atoms with E-state index in [0.717, 1.165) is 4.70 Å². The molecule has 0 saturated carbocycles. The number of aromatic nitrogens is 1. The van der Waals surface area contributed by atoms with Crippen LogP contribution in [0.25, 0.3) is 10.2 Å². The molecule has 1 heterocycles. The van der Waals surface area contributed by atoms with E-state index in [1.54, 1.807) is 39.0 Å². The molecule has 0 atom stereocenters. The number of benzene rings is 1. The topological polar surface area (TPSA) is 102 Å². The van der Waals surface area contributed by atoms with E-state index < -0.39 is 26.2 Å². The van der Waals surface area contributed by atoms with Crippen molar-refractivity contribution in [3.05, 3.63) is 18.2 Å². The number of fused-ring (bicyclic) bond motifs is 1. The number of nitrogens with one attached hydrogen (secondary N) is 1. The van der Waals surface area contributed by atoms with Crippen molar-refractivity contribution < 1.29 is 13.2 Å². The summed E-state index contributed by atoms with van der Waals surface area (Å²) in [5.41, 5.74) is 7.00. The van der Waals surface area contributed by atoms with Gasteiger partial charge in [0.25, 0.3) is 0 Å². The number of hydrogen-bond donors (Lipinski definition) is 2. The van der Waals surface area contributed by atoms with Gasteiger partial charge in [0.2, 0.25) is 5.91 Å². The van der Waals surface area contributed by atoms with Gasteiger partial charge in [-0.15, -0.1) is 0 Å². The molecule has 3 N–H and O–H groups in total. The second kappa shape index (κ2) is 5.27. The summed E-state index contributed by atoms with van der Waals surface area (Å²) in [6.07, 6.45) is 0. The number of hydrogen-bond acceptors (Lipinski definition) is 6. The SMILES string of the molecule is CC(C)(C)S(=O)(=O)CC(=O)Nc1nc2ccc(N)cc2s1. The van der Waals surface area contributed by atoms with Gasteiger partial charge in [-0.05, 0) is 39.0 Å². The largest absolute Gasteiger partial charge is 0.399 e. The molecule has 0 spiro atoms. The average Bonchev–Trinajstić information content (AvgIpc) is 2.67. The monoisotopic (exact) mass is 327 g/mol. The highest BCUT2D eigenvalue weighted by Gasteiger charge is 2.31. The lowest BCUT2D eigenvalue weighted by atomic mass is 10.3. The average molecular weight is 327 g/mol. The molecule has 114 valence electrons. The number of carbonyl (C=O) groups is 1. The number of amides is 1. The van der Waals surface area contributed by atoms with E-state index in [2.05, 4.69) is 10.3 Å². The predicted octanol–water partition coefficient (Wildman–Crippen LogP) is 2.03. The second-order valence-corrected chi connectivity index (χ2v) is 9.44. The molecule has 0 unspecified atom stereocenters. The van der Waals surface area contributed by atoms with E-state index in [9.17, 15) is 13.2 Å². The molecule has 0 aliphatic heterocycles. The first kappa shape index (κ1) is 15.7. The number of rotatable bonds is 3. The maximum atomic E-state index is 12.0. The Morgan fingerprint density at radius 1 is 1.38 bits per heavy atom. The molecule has 2 rings (SSSR count). The summed E-state index contributed by atoms with van der Waals surface area (Å²) in [6, 6.07) is 5.23. The van der Waals surface area contributed by atoms with Gasteiger partial charge in [-0.2, -0.15) is 0 Å². The van der Waals surface area contributed by atoms with Gasteiger partial charge in [0.1, 0.15) is 5.75 Å². The Bertz CT molecular complexity index is 789. The lowest BCUT2D eigenvalue weighted by Crippen LogP contribution is -2.35. The maximum Gasteiger partial charge on any atom is 0.241 e. The van der Waals surface area contributed by atoms with E-state index in [1.807, 2.05) is 0 Å². The fraction of sp³-hybridized carbons (Fsp3) is 0.385. The van der Waals surface area contributed by atoms with Crippen LogP contribution in [0.2, 0.25) is 0 Å². The van der Waals surface area contributed by atoms with E-state index >= 15 is 0 Å². The Hall–Kier alpha value is -1.67. The minimum atomic E-state index is -3.51. The van der Waals surface area contributed by atoms with Gasteiger partial charge < -0.3 is 11.1 Å². The Labute approximate surface area is 127 Å². The van der Waals surface area contributed by atoms with Crippen LogP contribution in [-0.4, -0.2) is 29.8 Å². The van der Waals surface area contributed by atoms with Crippen molar-refractivity contribution in [2.24, 2.45) is 0 Å². The molecule has 0 bridgehead atoms. The summed E-state index contributed by atoms with van der Waals surface area (Å²) >= 11 is 1.26. The van der Waals surface area contributed by atoms with E-state index in [1.165, 1.54) is 11.3 Å². The zero-order valence-electron chi connectivity index (χ0n) is 12.0. The smallest absolute Gasteiger partial charge is 0.241 e. The molecular formula is C13H17N3O3S2. The summed E-state index contributed by atoms with van der Waals surface area (Å²) in [5.74, 6) is -1.15. The van der Waals surface area contributed by atoms with E-state index in [0.29, 0.717) is 16.3 Å². The molecule has 0 aliphatic rings. The van der Waals surface area contributed by atoms with Gasteiger partial charge in [0.15, 0.2) is 15.0 Å².